The molecule has 0 saturated carbocycles. The monoisotopic (exact) mass is 505 g/mol. The summed E-state index contributed by atoms with van der Waals surface area (Å²) in [6.45, 7) is 8.70. The van der Waals surface area contributed by atoms with Gasteiger partial charge in [0.2, 0.25) is 5.91 Å². The van der Waals surface area contributed by atoms with Crippen molar-refractivity contribution in [3.8, 4) is 11.5 Å². The Kier molecular flexibility index (Phi) is 9.74. The van der Waals surface area contributed by atoms with Crippen LogP contribution in [0.15, 0.2) is 60.7 Å². The highest BCUT2D eigenvalue weighted by atomic mass is 16.5. The molecule has 2 fully saturated rings. The fourth-order valence-electron chi connectivity index (χ4n) is 5.04. The van der Waals surface area contributed by atoms with Crippen LogP contribution < -0.4 is 9.47 Å². The van der Waals surface area contributed by atoms with Crippen molar-refractivity contribution in [1.29, 1.82) is 0 Å². The Labute approximate surface area is 220 Å². The molecule has 2 aromatic carbocycles. The van der Waals surface area contributed by atoms with Gasteiger partial charge in [0.1, 0.15) is 18.1 Å². The van der Waals surface area contributed by atoms with E-state index in [0.717, 1.165) is 57.7 Å². The lowest BCUT2D eigenvalue weighted by molar-refractivity contribution is -0.127. The Morgan fingerprint density at radius 1 is 0.919 bits per heavy atom. The van der Waals surface area contributed by atoms with Crippen LogP contribution in [-0.4, -0.2) is 85.4 Å². The van der Waals surface area contributed by atoms with E-state index in [1.54, 1.807) is 18.2 Å². The average Bonchev–Trinajstić information content (AvgIpc) is 3.15. The molecule has 2 saturated heterocycles. The molecule has 0 unspecified atom stereocenters. The largest absolute Gasteiger partial charge is 0.494 e. The first-order chi connectivity index (χ1) is 18.0. The van der Waals surface area contributed by atoms with E-state index in [1.807, 2.05) is 42.2 Å². The standard InChI is InChI=1S/C30H39N3O4/c1-3-36-26-10-11-27(29(22-26)37-23-24-8-5-4-6-9-24)28(34)12-13-30(35)33-18-14-25(15-19-33)32-17-7-16-31(2)20-21-32/h4-6,8-13,22,25H,3,7,14-21,23H2,1-2H3. The first-order valence-electron chi connectivity index (χ1n) is 13.4. The molecule has 7 heteroatoms. The van der Waals surface area contributed by atoms with Crippen molar-refractivity contribution >= 4 is 11.7 Å². The maximum Gasteiger partial charge on any atom is 0.246 e. The summed E-state index contributed by atoms with van der Waals surface area (Å²) in [6.07, 6.45) is 5.93. The molecule has 0 spiro atoms. The van der Waals surface area contributed by atoms with Crippen LogP contribution in [0.3, 0.4) is 0 Å². The summed E-state index contributed by atoms with van der Waals surface area (Å²) in [5.41, 5.74) is 1.41. The number of ether oxygens (including phenoxy) is 2. The predicted molar refractivity (Wildman–Crippen MR) is 145 cm³/mol. The maximum absolute atomic E-state index is 13.1. The smallest absolute Gasteiger partial charge is 0.246 e. The Morgan fingerprint density at radius 2 is 1.70 bits per heavy atom. The summed E-state index contributed by atoms with van der Waals surface area (Å²) in [7, 11) is 2.18. The fourth-order valence-corrected chi connectivity index (χ4v) is 5.04. The zero-order valence-corrected chi connectivity index (χ0v) is 22.1. The molecular weight excluding hydrogens is 466 g/mol. The van der Waals surface area contributed by atoms with E-state index in [0.29, 0.717) is 36.3 Å². The number of amides is 1. The third-order valence-corrected chi connectivity index (χ3v) is 7.19. The van der Waals surface area contributed by atoms with Gasteiger partial charge < -0.3 is 19.3 Å². The minimum Gasteiger partial charge on any atom is -0.494 e. The molecule has 2 aromatic rings. The van der Waals surface area contributed by atoms with E-state index >= 15 is 0 Å². The van der Waals surface area contributed by atoms with Crippen LogP contribution in [0.25, 0.3) is 0 Å². The van der Waals surface area contributed by atoms with E-state index in [9.17, 15) is 9.59 Å². The number of nitrogens with zero attached hydrogens (tertiary/aromatic N) is 3. The number of rotatable bonds is 9. The second kappa shape index (κ2) is 13.4. The second-order valence-electron chi connectivity index (χ2n) is 9.81. The third-order valence-electron chi connectivity index (χ3n) is 7.19. The SMILES string of the molecule is CCOc1ccc(C(=O)C=CC(=O)N2CCC(N3CCCN(C)CC3)CC2)c(OCc2ccccc2)c1. The Hall–Kier alpha value is -3.16. The quantitative estimate of drug-likeness (QED) is 0.379. The van der Waals surface area contributed by atoms with E-state index in [1.165, 1.54) is 18.6 Å². The normalized spacial score (nSPS) is 18.1. The highest BCUT2D eigenvalue weighted by Crippen LogP contribution is 2.27. The summed E-state index contributed by atoms with van der Waals surface area (Å²) in [6, 6.07) is 15.5. The van der Waals surface area contributed by atoms with E-state index in [-0.39, 0.29) is 11.7 Å². The minimum atomic E-state index is -0.261. The molecule has 4 rings (SSSR count). The Morgan fingerprint density at radius 3 is 2.46 bits per heavy atom. The molecule has 2 aliphatic heterocycles. The lowest BCUT2D eigenvalue weighted by Gasteiger charge is -2.37. The zero-order valence-electron chi connectivity index (χ0n) is 22.1. The maximum atomic E-state index is 13.1. The number of benzene rings is 2. The summed E-state index contributed by atoms with van der Waals surface area (Å²) >= 11 is 0. The number of likely N-dealkylation sites (N-methyl/N-ethyl adjacent to an activating group) is 1. The first kappa shape index (κ1) is 26.9. The van der Waals surface area contributed by atoms with Gasteiger partial charge in [-0.25, -0.2) is 0 Å². The van der Waals surface area contributed by atoms with Crippen LogP contribution in [0, 0.1) is 0 Å². The number of carbonyl (C=O) groups excluding carboxylic acids is 2. The summed E-state index contributed by atoms with van der Waals surface area (Å²) in [4.78, 5) is 32.8. The van der Waals surface area contributed by atoms with Gasteiger partial charge in [0.15, 0.2) is 5.78 Å². The van der Waals surface area contributed by atoms with E-state index in [4.69, 9.17) is 9.47 Å². The second-order valence-corrected chi connectivity index (χ2v) is 9.81. The number of carbonyl (C=O) groups is 2. The lowest BCUT2D eigenvalue weighted by Crippen LogP contribution is -2.47. The molecule has 0 aromatic heterocycles. The van der Waals surface area contributed by atoms with Gasteiger partial charge in [-0.15, -0.1) is 0 Å². The molecule has 2 heterocycles. The van der Waals surface area contributed by atoms with Gasteiger partial charge in [0, 0.05) is 44.4 Å². The van der Waals surface area contributed by atoms with Crippen molar-refractivity contribution in [2.24, 2.45) is 0 Å². The molecule has 1 amide bonds. The average molecular weight is 506 g/mol. The highest BCUT2D eigenvalue weighted by Gasteiger charge is 2.27. The number of hydrogen-bond acceptors (Lipinski definition) is 6. The van der Waals surface area contributed by atoms with Gasteiger partial charge in [0.05, 0.1) is 12.2 Å². The van der Waals surface area contributed by atoms with Crippen molar-refractivity contribution in [2.75, 3.05) is 52.9 Å². The van der Waals surface area contributed by atoms with Crippen LogP contribution in [-0.2, 0) is 11.4 Å². The van der Waals surface area contributed by atoms with Crippen LogP contribution in [0.4, 0.5) is 0 Å². The molecule has 7 nitrogen and oxygen atoms in total. The molecule has 0 atom stereocenters. The molecule has 37 heavy (non-hydrogen) atoms. The fraction of sp³-hybridized carbons (Fsp3) is 0.467. The van der Waals surface area contributed by atoms with E-state index in [2.05, 4.69) is 16.8 Å². The Balaban J connectivity index is 1.35. The van der Waals surface area contributed by atoms with Crippen LogP contribution in [0.2, 0.25) is 0 Å². The zero-order chi connectivity index (χ0) is 26.0. The summed E-state index contributed by atoms with van der Waals surface area (Å²) < 4.78 is 11.6. The molecule has 2 aliphatic rings. The van der Waals surface area contributed by atoms with Crippen molar-refractivity contribution in [1.82, 2.24) is 14.7 Å². The van der Waals surface area contributed by atoms with Crippen molar-refractivity contribution in [3.63, 3.8) is 0 Å². The van der Waals surface area contributed by atoms with Gasteiger partial charge in [-0.05, 0) is 70.1 Å². The number of ketones is 1. The highest BCUT2D eigenvalue weighted by molar-refractivity contribution is 6.09. The van der Waals surface area contributed by atoms with Crippen LogP contribution in [0.5, 0.6) is 11.5 Å². The molecule has 0 aliphatic carbocycles. The van der Waals surface area contributed by atoms with Gasteiger partial charge in [-0.2, -0.15) is 0 Å². The summed E-state index contributed by atoms with van der Waals surface area (Å²) in [5.74, 6) is 0.713. The molecular formula is C30H39N3O4. The van der Waals surface area contributed by atoms with Crippen molar-refractivity contribution < 1.29 is 19.1 Å². The van der Waals surface area contributed by atoms with Gasteiger partial charge in [-0.3, -0.25) is 14.5 Å². The van der Waals surface area contributed by atoms with Crippen molar-refractivity contribution in [2.45, 2.75) is 38.8 Å². The number of hydrogen-bond donors (Lipinski definition) is 0. The molecule has 0 N–H and O–H groups in total. The van der Waals surface area contributed by atoms with Gasteiger partial charge >= 0.3 is 0 Å². The lowest BCUT2D eigenvalue weighted by atomic mass is 10.0. The topological polar surface area (TPSA) is 62.3 Å². The van der Waals surface area contributed by atoms with Gasteiger partial charge in [-0.1, -0.05) is 30.3 Å². The van der Waals surface area contributed by atoms with Crippen molar-refractivity contribution in [3.05, 3.63) is 71.8 Å². The number of piperidine rings is 1. The van der Waals surface area contributed by atoms with E-state index < -0.39 is 0 Å². The Bertz CT molecular complexity index is 1060. The molecule has 0 radical (unpaired) electrons. The van der Waals surface area contributed by atoms with Gasteiger partial charge in [0.25, 0.3) is 0 Å². The first-order valence-corrected chi connectivity index (χ1v) is 13.4. The summed E-state index contributed by atoms with van der Waals surface area (Å²) in [5, 5.41) is 0. The number of allylic oxidation sites excluding steroid dienone is 1. The van der Waals surface area contributed by atoms with Crippen LogP contribution >= 0.6 is 0 Å². The molecule has 198 valence electrons. The third kappa shape index (κ3) is 7.66. The molecule has 0 bridgehead atoms. The number of likely N-dealkylation sites (tertiary alicyclic amines) is 1. The minimum absolute atomic E-state index is 0.111. The predicted octanol–water partition coefficient (Wildman–Crippen LogP) is 4.03. The van der Waals surface area contributed by atoms with Crippen LogP contribution in [0.1, 0.15) is 42.1 Å².